The second kappa shape index (κ2) is 6.40. The molecule has 3 nitrogen and oxygen atoms in total. The van der Waals surface area contributed by atoms with E-state index in [0.29, 0.717) is 5.02 Å². The van der Waals surface area contributed by atoms with Gasteiger partial charge in [0.15, 0.2) is 0 Å². The van der Waals surface area contributed by atoms with Crippen molar-refractivity contribution < 1.29 is 9.53 Å². The summed E-state index contributed by atoms with van der Waals surface area (Å²) in [5, 5.41) is 3.75. The van der Waals surface area contributed by atoms with Crippen molar-refractivity contribution in [3.8, 4) is 0 Å². The van der Waals surface area contributed by atoms with Crippen LogP contribution in [0.3, 0.4) is 0 Å². The molecule has 0 heterocycles. The third kappa shape index (κ3) is 3.48. The molecule has 1 aromatic rings. The highest BCUT2D eigenvalue weighted by molar-refractivity contribution is 6.30. The predicted molar refractivity (Wildman–Crippen MR) is 76.1 cm³/mol. The minimum absolute atomic E-state index is 0.0562. The molecule has 0 spiro atoms. The lowest BCUT2D eigenvalue weighted by molar-refractivity contribution is -0.129. The average molecular weight is 282 g/mol. The highest BCUT2D eigenvalue weighted by Crippen LogP contribution is 2.28. The summed E-state index contributed by atoms with van der Waals surface area (Å²) in [7, 11) is 1.66. The molecule has 1 N–H and O–H groups in total. The zero-order chi connectivity index (χ0) is 13.8. The van der Waals surface area contributed by atoms with E-state index in [9.17, 15) is 4.79 Å². The number of benzene rings is 1. The van der Waals surface area contributed by atoms with Crippen LogP contribution in [0.25, 0.3) is 0 Å². The molecule has 0 aliphatic heterocycles. The Bertz CT molecular complexity index is 428. The molecule has 2 atom stereocenters. The average Bonchev–Trinajstić information content (AvgIpc) is 2.30. The topological polar surface area (TPSA) is 38.3 Å². The zero-order valence-corrected chi connectivity index (χ0v) is 12.1. The van der Waals surface area contributed by atoms with Crippen LogP contribution in [0.5, 0.6) is 0 Å². The minimum atomic E-state index is -0.152. The summed E-state index contributed by atoms with van der Waals surface area (Å²) >= 11 is 5.88. The molecular weight excluding hydrogens is 262 g/mol. The quantitative estimate of drug-likeness (QED) is 0.899. The number of carbonyl (C=O) groups excluding carboxylic acids is 1. The molecule has 19 heavy (non-hydrogen) atoms. The first-order valence-electron chi connectivity index (χ1n) is 6.70. The number of methoxy groups -OCH3 is 1. The maximum absolute atomic E-state index is 12.0. The Balaban J connectivity index is 1.99. The fourth-order valence-electron chi connectivity index (χ4n) is 2.37. The van der Waals surface area contributed by atoms with E-state index in [1.165, 1.54) is 0 Å². The van der Waals surface area contributed by atoms with Gasteiger partial charge in [-0.15, -0.1) is 0 Å². The van der Waals surface area contributed by atoms with Crippen LogP contribution in [-0.2, 0) is 9.53 Å². The maximum Gasteiger partial charge on any atom is 0.223 e. The molecule has 1 fully saturated rings. The largest absolute Gasteiger partial charge is 0.375 e. The van der Waals surface area contributed by atoms with Gasteiger partial charge in [0.25, 0.3) is 0 Å². The van der Waals surface area contributed by atoms with Crippen molar-refractivity contribution in [2.24, 2.45) is 5.92 Å². The van der Waals surface area contributed by atoms with Crippen molar-refractivity contribution in [2.75, 3.05) is 7.11 Å². The number of ether oxygens (including phenoxy) is 1. The number of carbonyl (C=O) groups is 1. The number of halogens is 1. The van der Waals surface area contributed by atoms with Crippen molar-refractivity contribution >= 4 is 17.5 Å². The van der Waals surface area contributed by atoms with E-state index >= 15 is 0 Å². The molecule has 0 bridgehead atoms. The van der Waals surface area contributed by atoms with E-state index in [2.05, 4.69) is 5.32 Å². The molecule has 4 heteroatoms. The zero-order valence-electron chi connectivity index (χ0n) is 11.4. The summed E-state index contributed by atoms with van der Waals surface area (Å²) in [5.41, 5.74) is 1.02. The Kier molecular flexibility index (Phi) is 4.83. The summed E-state index contributed by atoms with van der Waals surface area (Å²) < 4.78 is 5.51. The van der Waals surface area contributed by atoms with Crippen molar-refractivity contribution in [3.05, 3.63) is 34.9 Å². The van der Waals surface area contributed by atoms with Crippen LogP contribution >= 0.6 is 11.6 Å². The first kappa shape index (κ1) is 14.4. The third-order valence-electron chi connectivity index (χ3n) is 3.75. The number of rotatable bonds is 5. The number of amides is 1. The van der Waals surface area contributed by atoms with E-state index < -0.39 is 0 Å². The predicted octanol–water partition coefficient (Wildman–Crippen LogP) is 3.33. The lowest BCUT2D eigenvalue weighted by atomic mass is 9.84. The standard InChI is InChI=1S/C15H20ClNO2/c1-10(17-15(18)12-4-3-5-12)14(19-2)11-6-8-13(16)9-7-11/h6-10,12,14H,3-5H2,1-2H3,(H,17,18)/t10-,14-/m1/s1. The van der Waals surface area contributed by atoms with E-state index in [4.69, 9.17) is 16.3 Å². The monoisotopic (exact) mass is 281 g/mol. The molecule has 0 radical (unpaired) electrons. The van der Waals surface area contributed by atoms with Gasteiger partial charge in [0, 0.05) is 18.1 Å². The smallest absolute Gasteiger partial charge is 0.223 e. The number of hydrogen-bond donors (Lipinski definition) is 1. The molecule has 0 aromatic heterocycles. The van der Waals surface area contributed by atoms with Crippen LogP contribution in [0.1, 0.15) is 37.9 Å². The second-order valence-corrected chi connectivity index (χ2v) is 5.57. The molecule has 1 aliphatic rings. The van der Waals surface area contributed by atoms with E-state index in [1.54, 1.807) is 7.11 Å². The lowest BCUT2D eigenvalue weighted by Crippen LogP contribution is -2.42. The summed E-state index contributed by atoms with van der Waals surface area (Å²) in [6.45, 7) is 1.97. The van der Waals surface area contributed by atoms with Gasteiger partial charge >= 0.3 is 0 Å². The van der Waals surface area contributed by atoms with Crippen LogP contribution in [0.15, 0.2) is 24.3 Å². The molecular formula is C15H20ClNO2. The Morgan fingerprint density at radius 1 is 1.37 bits per heavy atom. The highest BCUT2D eigenvalue weighted by Gasteiger charge is 2.28. The van der Waals surface area contributed by atoms with Gasteiger partial charge in [-0.05, 0) is 37.5 Å². The first-order chi connectivity index (χ1) is 9.11. The number of hydrogen-bond acceptors (Lipinski definition) is 2. The number of nitrogens with one attached hydrogen (secondary N) is 1. The van der Waals surface area contributed by atoms with Gasteiger partial charge in [-0.1, -0.05) is 30.2 Å². The normalized spacial score (nSPS) is 18.5. The lowest BCUT2D eigenvalue weighted by Gasteiger charge is -2.29. The SMILES string of the molecule is CO[C@@H](c1ccc(Cl)cc1)[C@@H](C)NC(=O)C1CCC1. The first-order valence-corrected chi connectivity index (χ1v) is 7.08. The van der Waals surface area contributed by atoms with Gasteiger partial charge in [-0.2, -0.15) is 0 Å². The van der Waals surface area contributed by atoms with Gasteiger partial charge in [0.2, 0.25) is 5.91 Å². The molecule has 0 unspecified atom stereocenters. The Morgan fingerprint density at radius 2 is 2.00 bits per heavy atom. The molecule has 1 aliphatic carbocycles. The molecule has 104 valence electrons. The summed E-state index contributed by atoms with van der Waals surface area (Å²) in [6.07, 6.45) is 3.03. The van der Waals surface area contributed by atoms with Crippen molar-refractivity contribution in [3.63, 3.8) is 0 Å². The van der Waals surface area contributed by atoms with Gasteiger partial charge < -0.3 is 10.1 Å². The van der Waals surface area contributed by atoms with Crippen LogP contribution in [-0.4, -0.2) is 19.1 Å². The van der Waals surface area contributed by atoms with Crippen molar-refractivity contribution in [2.45, 2.75) is 38.3 Å². The van der Waals surface area contributed by atoms with Crippen molar-refractivity contribution in [1.82, 2.24) is 5.32 Å². The van der Waals surface area contributed by atoms with E-state index in [1.807, 2.05) is 31.2 Å². The van der Waals surface area contributed by atoms with Crippen LogP contribution in [0.4, 0.5) is 0 Å². The molecule has 1 aromatic carbocycles. The van der Waals surface area contributed by atoms with Crippen LogP contribution in [0, 0.1) is 5.92 Å². The van der Waals surface area contributed by atoms with Crippen LogP contribution < -0.4 is 5.32 Å². The fraction of sp³-hybridized carbons (Fsp3) is 0.533. The van der Waals surface area contributed by atoms with Gasteiger partial charge in [0.1, 0.15) is 6.10 Å². The summed E-state index contributed by atoms with van der Waals surface area (Å²) in [5.74, 6) is 0.347. The molecule has 1 amide bonds. The van der Waals surface area contributed by atoms with E-state index in [-0.39, 0.29) is 24.0 Å². The van der Waals surface area contributed by atoms with Crippen molar-refractivity contribution in [1.29, 1.82) is 0 Å². The Hall–Kier alpha value is -1.06. The Labute approximate surface area is 119 Å². The van der Waals surface area contributed by atoms with Gasteiger partial charge in [-0.25, -0.2) is 0 Å². The summed E-state index contributed by atoms with van der Waals surface area (Å²) in [6, 6.07) is 7.48. The summed E-state index contributed by atoms with van der Waals surface area (Å²) in [4.78, 5) is 12.0. The third-order valence-corrected chi connectivity index (χ3v) is 4.00. The van der Waals surface area contributed by atoms with E-state index in [0.717, 1.165) is 24.8 Å². The Morgan fingerprint density at radius 3 is 2.47 bits per heavy atom. The molecule has 1 saturated carbocycles. The van der Waals surface area contributed by atoms with Gasteiger partial charge in [0.05, 0.1) is 6.04 Å². The minimum Gasteiger partial charge on any atom is -0.375 e. The molecule has 2 rings (SSSR count). The van der Waals surface area contributed by atoms with Crippen LogP contribution in [0.2, 0.25) is 5.02 Å². The van der Waals surface area contributed by atoms with Gasteiger partial charge in [-0.3, -0.25) is 4.79 Å². The molecule has 0 saturated heterocycles. The fourth-order valence-corrected chi connectivity index (χ4v) is 2.50. The highest BCUT2D eigenvalue weighted by atomic mass is 35.5. The second-order valence-electron chi connectivity index (χ2n) is 5.13. The maximum atomic E-state index is 12.0.